The second-order valence-electron chi connectivity index (χ2n) is 5.59. The van der Waals surface area contributed by atoms with Crippen LogP contribution < -0.4 is 0 Å². The number of benzene rings is 1. The lowest BCUT2D eigenvalue weighted by atomic mass is 9.85. The molecule has 1 fully saturated rings. The molecule has 2 atom stereocenters. The molecule has 1 aromatic carbocycles. The van der Waals surface area contributed by atoms with Crippen molar-refractivity contribution in [2.24, 2.45) is 11.8 Å². The van der Waals surface area contributed by atoms with E-state index in [0.717, 1.165) is 19.5 Å². The fourth-order valence-electron chi connectivity index (χ4n) is 3.24. The molecular formula is C15H19NO2. The molecule has 3 rings (SSSR count). The van der Waals surface area contributed by atoms with Crippen LogP contribution in [0.25, 0.3) is 0 Å². The molecule has 0 saturated carbocycles. The number of rotatable bonds is 3. The first-order chi connectivity index (χ1) is 8.66. The van der Waals surface area contributed by atoms with Gasteiger partial charge in [0.15, 0.2) is 0 Å². The smallest absolute Gasteiger partial charge is 0.306 e. The van der Waals surface area contributed by atoms with Crippen LogP contribution in [0.3, 0.4) is 0 Å². The summed E-state index contributed by atoms with van der Waals surface area (Å²) >= 11 is 0. The highest BCUT2D eigenvalue weighted by Gasteiger charge is 2.40. The summed E-state index contributed by atoms with van der Waals surface area (Å²) in [7, 11) is 0. The van der Waals surface area contributed by atoms with Gasteiger partial charge in [0.25, 0.3) is 0 Å². The standard InChI is InChI=1S/C15H19NO2/c1-10(15(17)18)12-8-16(9-12)14-7-6-11-4-2-3-5-13(11)14/h2-5,10,12,14H,6-9H2,1H3,(H,17,18). The molecule has 18 heavy (non-hydrogen) atoms. The molecule has 1 aromatic rings. The minimum absolute atomic E-state index is 0.210. The molecule has 1 heterocycles. The Kier molecular flexibility index (Phi) is 2.86. The molecule has 0 bridgehead atoms. The molecule has 0 amide bonds. The summed E-state index contributed by atoms with van der Waals surface area (Å²) in [6.07, 6.45) is 2.35. The summed E-state index contributed by atoms with van der Waals surface area (Å²) in [6, 6.07) is 9.17. The Morgan fingerprint density at radius 1 is 1.39 bits per heavy atom. The molecule has 0 aromatic heterocycles. The lowest BCUT2D eigenvalue weighted by molar-refractivity contribution is -0.146. The van der Waals surface area contributed by atoms with Crippen molar-refractivity contribution in [3.8, 4) is 0 Å². The van der Waals surface area contributed by atoms with Gasteiger partial charge in [0.05, 0.1) is 5.92 Å². The van der Waals surface area contributed by atoms with Gasteiger partial charge in [-0.05, 0) is 29.9 Å². The van der Waals surface area contributed by atoms with Gasteiger partial charge in [-0.2, -0.15) is 0 Å². The summed E-state index contributed by atoms with van der Waals surface area (Å²) in [5.41, 5.74) is 2.93. The van der Waals surface area contributed by atoms with Crippen LogP contribution in [-0.2, 0) is 11.2 Å². The van der Waals surface area contributed by atoms with E-state index in [9.17, 15) is 4.79 Å². The van der Waals surface area contributed by atoms with Gasteiger partial charge in [0.1, 0.15) is 0 Å². The van der Waals surface area contributed by atoms with Gasteiger partial charge >= 0.3 is 5.97 Å². The summed E-state index contributed by atoms with van der Waals surface area (Å²) in [4.78, 5) is 13.4. The second-order valence-corrected chi connectivity index (χ2v) is 5.59. The molecule has 2 aliphatic rings. The summed E-state index contributed by atoms with van der Waals surface area (Å²) < 4.78 is 0. The van der Waals surface area contributed by atoms with Gasteiger partial charge < -0.3 is 5.11 Å². The third-order valence-electron chi connectivity index (χ3n) is 4.58. The van der Waals surface area contributed by atoms with Crippen LogP contribution in [0, 0.1) is 11.8 Å². The number of likely N-dealkylation sites (tertiary alicyclic amines) is 1. The van der Waals surface area contributed by atoms with Crippen LogP contribution in [0.1, 0.15) is 30.5 Å². The molecule has 1 N–H and O–H groups in total. The summed E-state index contributed by atoms with van der Waals surface area (Å²) in [5, 5.41) is 9.01. The summed E-state index contributed by atoms with van der Waals surface area (Å²) in [6.45, 7) is 3.70. The number of hydrogen-bond acceptors (Lipinski definition) is 2. The van der Waals surface area contributed by atoms with E-state index in [1.54, 1.807) is 0 Å². The van der Waals surface area contributed by atoms with E-state index in [1.165, 1.54) is 17.5 Å². The number of hydrogen-bond donors (Lipinski definition) is 1. The predicted octanol–water partition coefficient (Wildman–Crippen LogP) is 2.33. The summed E-state index contributed by atoms with van der Waals surface area (Å²) in [5.74, 6) is -0.542. The minimum atomic E-state index is -0.661. The average Bonchev–Trinajstić information content (AvgIpc) is 2.71. The van der Waals surface area contributed by atoms with Crippen molar-refractivity contribution in [3.05, 3.63) is 35.4 Å². The van der Waals surface area contributed by atoms with Crippen LogP contribution in [0.4, 0.5) is 0 Å². The van der Waals surface area contributed by atoms with E-state index in [-0.39, 0.29) is 5.92 Å². The van der Waals surface area contributed by atoms with Crippen molar-refractivity contribution in [3.63, 3.8) is 0 Å². The molecule has 1 aliphatic heterocycles. The Hall–Kier alpha value is -1.35. The highest BCUT2D eigenvalue weighted by molar-refractivity contribution is 5.70. The van der Waals surface area contributed by atoms with Crippen LogP contribution in [0.15, 0.2) is 24.3 Å². The largest absolute Gasteiger partial charge is 0.481 e. The van der Waals surface area contributed by atoms with Crippen molar-refractivity contribution in [1.29, 1.82) is 0 Å². The quantitative estimate of drug-likeness (QED) is 0.888. The number of carbonyl (C=O) groups is 1. The van der Waals surface area contributed by atoms with E-state index in [4.69, 9.17) is 5.11 Å². The zero-order valence-electron chi connectivity index (χ0n) is 10.7. The molecule has 0 spiro atoms. The molecule has 3 nitrogen and oxygen atoms in total. The Labute approximate surface area is 107 Å². The van der Waals surface area contributed by atoms with Gasteiger partial charge in [-0.1, -0.05) is 31.2 Å². The number of aryl methyl sites for hydroxylation is 1. The lowest BCUT2D eigenvalue weighted by Gasteiger charge is -2.45. The Bertz CT molecular complexity index is 465. The zero-order valence-corrected chi connectivity index (χ0v) is 10.7. The topological polar surface area (TPSA) is 40.5 Å². The van der Waals surface area contributed by atoms with Crippen LogP contribution in [0.5, 0.6) is 0 Å². The third-order valence-corrected chi connectivity index (χ3v) is 4.58. The van der Waals surface area contributed by atoms with Crippen molar-refractivity contribution in [2.45, 2.75) is 25.8 Å². The first-order valence-corrected chi connectivity index (χ1v) is 6.71. The zero-order chi connectivity index (χ0) is 12.7. The Morgan fingerprint density at radius 2 is 2.11 bits per heavy atom. The number of fused-ring (bicyclic) bond motifs is 1. The molecular weight excluding hydrogens is 226 g/mol. The first kappa shape index (κ1) is 11.7. The van der Waals surface area contributed by atoms with E-state index in [0.29, 0.717) is 12.0 Å². The number of carboxylic acid groups (broad SMARTS) is 1. The highest BCUT2D eigenvalue weighted by atomic mass is 16.4. The minimum Gasteiger partial charge on any atom is -0.481 e. The SMILES string of the molecule is CC(C(=O)O)C1CN(C2CCc3ccccc32)C1. The van der Waals surface area contributed by atoms with Crippen LogP contribution in [0.2, 0.25) is 0 Å². The highest BCUT2D eigenvalue weighted by Crippen LogP contribution is 2.40. The van der Waals surface area contributed by atoms with E-state index in [1.807, 2.05) is 6.92 Å². The van der Waals surface area contributed by atoms with Crippen molar-refractivity contribution in [2.75, 3.05) is 13.1 Å². The number of aliphatic carboxylic acids is 1. The maximum atomic E-state index is 10.9. The van der Waals surface area contributed by atoms with Gasteiger partial charge in [0.2, 0.25) is 0 Å². The average molecular weight is 245 g/mol. The van der Waals surface area contributed by atoms with Gasteiger partial charge in [-0.15, -0.1) is 0 Å². The lowest BCUT2D eigenvalue weighted by Crippen LogP contribution is -2.51. The van der Waals surface area contributed by atoms with E-state index >= 15 is 0 Å². The molecule has 1 saturated heterocycles. The van der Waals surface area contributed by atoms with E-state index in [2.05, 4.69) is 29.2 Å². The van der Waals surface area contributed by atoms with Gasteiger partial charge in [0, 0.05) is 19.1 Å². The third kappa shape index (κ3) is 1.83. The second kappa shape index (κ2) is 4.39. The fourth-order valence-corrected chi connectivity index (χ4v) is 3.24. The van der Waals surface area contributed by atoms with Crippen molar-refractivity contribution in [1.82, 2.24) is 4.90 Å². The molecule has 3 heteroatoms. The maximum absolute atomic E-state index is 10.9. The Morgan fingerprint density at radius 3 is 2.83 bits per heavy atom. The van der Waals surface area contributed by atoms with Crippen molar-refractivity contribution < 1.29 is 9.90 Å². The normalized spacial score (nSPS) is 25.5. The monoisotopic (exact) mass is 245 g/mol. The fraction of sp³-hybridized carbons (Fsp3) is 0.533. The van der Waals surface area contributed by atoms with Crippen LogP contribution >= 0.6 is 0 Å². The van der Waals surface area contributed by atoms with Crippen molar-refractivity contribution >= 4 is 5.97 Å². The predicted molar refractivity (Wildman–Crippen MR) is 69.4 cm³/mol. The number of carboxylic acids is 1. The van der Waals surface area contributed by atoms with Gasteiger partial charge in [-0.3, -0.25) is 9.69 Å². The van der Waals surface area contributed by atoms with Crippen LogP contribution in [-0.4, -0.2) is 29.1 Å². The first-order valence-electron chi connectivity index (χ1n) is 6.71. The molecule has 1 aliphatic carbocycles. The molecule has 2 unspecified atom stereocenters. The Balaban J connectivity index is 1.65. The maximum Gasteiger partial charge on any atom is 0.306 e. The molecule has 96 valence electrons. The molecule has 0 radical (unpaired) electrons. The van der Waals surface area contributed by atoms with Gasteiger partial charge in [-0.25, -0.2) is 0 Å². The van der Waals surface area contributed by atoms with E-state index < -0.39 is 5.97 Å². The number of nitrogens with zero attached hydrogens (tertiary/aromatic N) is 1.